The summed E-state index contributed by atoms with van der Waals surface area (Å²) in [7, 11) is 1.77. The van der Waals surface area contributed by atoms with Crippen molar-refractivity contribution in [1.82, 2.24) is 9.78 Å². The first-order valence-corrected chi connectivity index (χ1v) is 6.16. The van der Waals surface area contributed by atoms with Crippen molar-refractivity contribution >= 4 is 17.4 Å². The van der Waals surface area contributed by atoms with Gasteiger partial charge < -0.3 is 11.1 Å². The highest BCUT2D eigenvalue weighted by atomic mass is 16.2. The Morgan fingerprint density at radius 3 is 2.65 bits per heavy atom. The van der Waals surface area contributed by atoms with Gasteiger partial charge in [0.05, 0.1) is 11.9 Å². The average Bonchev–Trinajstić information content (AvgIpc) is 2.61. The first kappa shape index (κ1) is 12.0. The number of amides is 1. The van der Waals surface area contributed by atoms with Crippen molar-refractivity contribution in [3.05, 3.63) is 6.20 Å². The highest BCUT2D eigenvalue weighted by Crippen LogP contribution is 2.29. The Labute approximate surface area is 101 Å². The number of nitrogens with one attached hydrogen (secondary N) is 1. The number of aromatic nitrogens is 2. The first-order valence-electron chi connectivity index (χ1n) is 6.16. The van der Waals surface area contributed by atoms with Crippen molar-refractivity contribution in [1.29, 1.82) is 0 Å². The van der Waals surface area contributed by atoms with E-state index in [-0.39, 0.29) is 11.8 Å². The second kappa shape index (κ2) is 4.77. The van der Waals surface area contributed by atoms with Gasteiger partial charge in [-0.25, -0.2) is 0 Å². The smallest absolute Gasteiger partial charge is 0.228 e. The third-order valence-electron chi connectivity index (χ3n) is 3.60. The molecule has 0 aromatic carbocycles. The zero-order chi connectivity index (χ0) is 12.4. The van der Waals surface area contributed by atoms with E-state index < -0.39 is 0 Å². The molecule has 1 heterocycles. The number of carbonyl (C=O) groups is 1. The van der Waals surface area contributed by atoms with Gasteiger partial charge >= 0.3 is 0 Å². The number of carbonyl (C=O) groups excluding carboxylic acids is 1. The van der Waals surface area contributed by atoms with Gasteiger partial charge in [0.15, 0.2) is 5.82 Å². The third-order valence-corrected chi connectivity index (χ3v) is 3.60. The Kier molecular flexibility index (Phi) is 3.36. The molecule has 0 radical (unpaired) electrons. The van der Waals surface area contributed by atoms with E-state index in [9.17, 15) is 4.79 Å². The number of hydrogen-bond acceptors (Lipinski definition) is 3. The second-order valence-electron chi connectivity index (χ2n) is 5.02. The molecular formula is C12H20N4O. The first-order chi connectivity index (χ1) is 8.08. The van der Waals surface area contributed by atoms with Gasteiger partial charge in [-0.2, -0.15) is 5.10 Å². The summed E-state index contributed by atoms with van der Waals surface area (Å²) in [5.41, 5.74) is 6.26. The highest BCUT2D eigenvalue weighted by molar-refractivity contribution is 5.94. The molecule has 0 atom stereocenters. The van der Waals surface area contributed by atoms with Crippen LogP contribution in [-0.4, -0.2) is 15.7 Å². The van der Waals surface area contributed by atoms with Crippen LogP contribution in [0.15, 0.2) is 6.20 Å². The molecule has 1 aromatic heterocycles. The number of hydrogen-bond donors (Lipinski definition) is 2. The fourth-order valence-corrected chi connectivity index (χ4v) is 2.35. The maximum atomic E-state index is 12.1. The largest absolute Gasteiger partial charge is 0.394 e. The van der Waals surface area contributed by atoms with Crippen LogP contribution < -0.4 is 11.1 Å². The molecule has 94 valence electrons. The number of aryl methyl sites for hydroxylation is 1. The molecular weight excluding hydrogens is 216 g/mol. The van der Waals surface area contributed by atoms with E-state index in [2.05, 4.69) is 17.3 Å². The topological polar surface area (TPSA) is 72.9 Å². The summed E-state index contributed by atoms with van der Waals surface area (Å²) in [6.07, 6.45) is 5.78. The lowest BCUT2D eigenvalue weighted by molar-refractivity contribution is -0.121. The molecule has 0 unspecified atom stereocenters. The molecule has 1 aliphatic rings. The quantitative estimate of drug-likeness (QED) is 0.822. The van der Waals surface area contributed by atoms with Crippen molar-refractivity contribution in [2.75, 3.05) is 11.1 Å². The maximum absolute atomic E-state index is 12.1. The van der Waals surface area contributed by atoms with E-state index in [1.807, 2.05) is 0 Å². The van der Waals surface area contributed by atoms with E-state index in [0.29, 0.717) is 11.5 Å². The Bertz CT molecular complexity index is 385. The molecule has 1 aromatic rings. The molecule has 5 heteroatoms. The molecule has 2 rings (SSSR count). The Morgan fingerprint density at radius 1 is 1.47 bits per heavy atom. The monoisotopic (exact) mass is 236 g/mol. The van der Waals surface area contributed by atoms with Gasteiger partial charge in [-0.05, 0) is 31.6 Å². The summed E-state index contributed by atoms with van der Waals surface area (Å²) in [5.74, 6) is 1.56. The second-order valence-corrected chi connectivity index (χ2v) is 5.02. The van der Waals surface area contributed by atoms with Gasteiger partial charge in [0.2, 0.25) is 5.91 Å². The molecule has 1 amide bonds. The number of rotatable bonds is 2. The van der Waals surface area contributed by atoms with E-state index in [4.69, 9.17) is 5.73 Å². The van der Waals surface area contributed by atoms with Crippen LogP contribution in [0.2, 0.25) is 0 Å². The predicted molar refractivity (Wildman–Crippen MR) is 67.4 cm³/mol. The summed E-state index contributed by atoms with van der Waals surface area (Å²) in [4.78, 5) is 12.1. The summed E-state index contributed by atoms with van der Waals surface area (Å²) in [6, 6.07) is 0. The zero-order valence-electron chi connectivity index (χ0n) is 10.4. The van der Waals surface area contributed by atoms with Crippen molar-refractivity contribution in [3.8, 4) is 0 Å². The SMILES string of the molecule is CC1CCC(C(=O)Nc2c(N)cnn2C)CC1. The minimum absolute atomic E-state index is 0.0761. The summed E-state index contributed by atoms with van der Waals surface area (Å²) in [6.45, 7) is 2.24. The molecule has 0 saturated heterocycles. The van der Waals surface area contributed by atoms with E-state index in [1.54, 1.807) is 17.9 Å². The van der Waals surface area contributed by atoms with E-state index >= 15 is 0 Å². The molecule has 1 aliphatic carbocycles. The normalized spacial score (nSPS) is 24.6. The lowest BCUT2D eigenvalue weighted by atomic mass is 9.82. The van der Waals surface area contributed by atoms with Crippen LogP contribution in [0.4, 0.5) is 11.5 Å². The van der Waals surface area contributed by atoms with E-state index in [1.165, 1.54) is 0 Å². The van der Waals surface area contributed by atoms with Crippen LogP contribution in [0.3, 0.4) is 0 Å². The van der Waals surface area contributed by atoms with Gasteiger partial charge in [-0.15, -0.1) is 0 Å². The van der Waals surface area contributed by atoms with Crippen molar-refractivity contribution in [2.45, 2.75) is 32.6 Å². The lowest BCUT2D eigenvalue weighted by Crippen LogP contribution is -2.27. The summed E-state index contributed by atoms with van der Waals surface area (Å²) < 4.78 is 1.60. The van der Waals surface area contributed by atoms with Gasteiger partial charge in [-0.3, -0.25) is 9.48 Å². The number of anilines is 2. The lowest BCUT2D eigenvalue weighted by Gasteiger charge is -2.25. The molecule has 3 N–H and O–H groups in total. The molecule has 1 fully saturated rings. The fourth-order valence-electron chi connectivity index (χ4n) is 2.35. The zero-order valence-corrected chi connectivity index (χ0v) is 10.4. The van der Waals surface area contributed by atoms with Crippen molar-refractivity contribution in [2.24, 2.45) is 18.9 Å². The number of nitrogens with two attached hydrogens (primary N) is 1. The highest BCUT2D eigenvalue weighted by Gasteiger charge is 2.25. The molecule has 17 heavy (non-hydrogen) atoms. The molecule has 1 saturated carbocycles. The fraction of sp³-hybridized carbons (Fsp3) is 0.667. The number of nitrogens with zero attached hydrogens (tertiary/aromatic N) is 2. The van der Waals surface area contributed by atoms with Crippen LogP contribution in [-0.2, 0) is 11.8 Å². The minimum Gasteiger partial charge on any atom is -0.394 e. The van der Waals surface area contributed by atoms with E-state index in [0.717, 1.165) is 31.6 Å². The average molecular weight is 236 g/mol. The van der Waals surface area contributed by atoms with Crippen LogP contribution in [0.1, 0.15) is 32.6 Å². The van der Waals surface area contributed by atoms with Gasteiger partial charge in [0.1, 0.15) is 0 Å². The van der Waals surface area contributed by atoms with Crippen molar-refractivity contribution in [3.63, 3.8) is 0 Å². The molecule has 0 aliphatic heterocycles. The predicted octanol–water partition coefficient (Wildman–Crippen LogP) is 1.77. The maximum Gasteiger partial charge on any atom is 0.228 e. The van der Waals surface area contributed by atoms with Crippen LogP contribution in [0.5, 0.6) is 0 Å². The number of nitrogen functional groups attached to an aromatic ring is 1. The summed E-state index contributed by atoms with van der Waals surface area (Å²) in [5, 5.41) is 6.88. The molecule has 0 bridgehead atoms. The van der Waals surface area contributed by atoms with Crippen LogP contribution in [0.25, 0.3) is 0 Å². The Hall–Kier alpha value is -1.52. The molecule has 0 spiro atoms. The standard InChI is InChI=1S/C12H20N4O/c1-8-3-5-9(6-4-8)12(17)15-11-10(13)7-14-16(11)2/h7-9H,3-6,13H2,1-2H3,(H,15,17). The van der Waals surface area contributed by atoms with Crippen LogP contribution >= 0.6 is 0 Å². The summed E-state index contributed by atoms with van der Waals surface area (Å²) >= 11 is 0. The minimum atomic E-state index is 0.0761. The Morgan fingerprint density at radius 2 is 2.12 bits per heavy atom. The third kappa shape index (κ3) is 2.60. The van der Waals surface area contributed by atoms with Crippen molar-refractivity contribution < 1.29 is 4.79 Å². The van der Waals surface area contributed by atoms with Gasteiger partial charge in [0, 0.05) is 13.0 Å². The Balaban J connectivity index is 1.98. The van der Waals surface area contributed by atoms with Crippen LogP contribution in [0, 0.1) is 11.8 Å². The van der Waals surface area contributed by atoms with Gasteiger partial charge in [0.25, 0.3) is 0 Å². The molecule has 5 nitrogen and oxygen atoms in total. The van der Waals surface area contributed by atoms with Gasteiger partial charge in [-0.1, -0.05) is 6.92 Å².